The second-order valence-corrected chi connectivity index (χ2v) is 9.49. The molecule has 1 aromatic heterocycles. The molecule has 0 amide bonds. The lowest BCUT2D eigenvalue weighted by molar-refractivity contribution is -0.139. The molecule has 0 bridgehead atoms. The largest absolute Gasteiger partial charge is 0.497 e. The van der Waals surface area contributed by atoms with Crippen molar-refractivity contribution in [2.75, 3.05) is 35.0 Å². The van der Waals surface area contributed by atoms with E-state index in [1.165, 1.54) is 45.1 Å². The Hall–Kier alpha value is -4.58. The molecule has 2 aromatic carbocycles. The number of hydrogen-bond acceptors (Lipinski definition) is 10. The number of rotatable bonds is 9. The molecule has 2 heterocycles. The molecular weight excluding hydrogens is 540 g/mol. The average molecular weight is 569 g/mol. The Kier molecular flexibility index (Phi) is 8.29. The number of carboxylic acids is 1. The Bertz CT molecular complexity index is 1700. The molecule has 0 aliphatic carbocycles. The highest BCUT2D eigenvalue weighted by Crippen LogP contribution is 2.38. The molecule has 0 fully saturated rings. The molecular formula is C28H28N2O9S. The molecule has 0 radical (unpaired) electrons. The van der Waals surface area contributed by atoms with Gasteiger partial charge in [0.15, 0.2) is 16.3 Å². The van der Waals surface area contributed by atoms with Crippen LogP contribution in [0.4, 0.5) is 0 Å². The number of allylic oxidation sites excluding steroid dienone is 1. The zero-order chi connectivity index (χ0) is 29.1. The van der Waals surface area contributed by atoms with Gasteiger partial charge >= 0.3 is 11.9 Å². The maximum Gasteiger partial charge on any atom is 0.340 e. The highest BCUT2D eigenvalue weighted by Gasteiger charge is 2.35. The van der Waals surface area contributed by atoms with Crippen molar-refractivity contribution in [2.45, 2.75) is 19.9 Å². The summed E-state index contributed by atoms with van der Waals surface area (Å²) in [4.78, 5) is 44.2. The van der Waals surface area contributed by atoms with E-state index >= 15 is 0 Å². The maximum atomic E-state index is 14.0. The van der Waals surface area contributed by atoms with E-state index in [1.807, 2.05) is 0 Å². The Morgan fingerprint density at radius 3 is 2.38 bits per heavy atom. The predicted molar refractivity (Wildman–Crippen MR) is 146 cm³/mol. The molecule has 1 aliphatic heterocycles. The molecule has 40 heavy (non-hydrogen) atoms. The number of nitrogens with zero attached hydrogens (tertiary/aromatic N) is 2. The average Bonchev–Trinajstić information content (AvgIpc) is 3.25. The summed E-state index contributed by atoms with van der Waals surface area (Å²) in [6.07, 6.45) is 1.46. The number of aromatic carboxylic acids is 1. The van der Waals surface area contributed by atoms with Gasteiger partial charge in [0.1, 0.15) is 23.1 Å². The molecule has 12 heteroatoms. The molecule has 1 unspecified atom stereocenters. The third-order valence-electron chi connectivity index (χ3n) is 6.33. The fourth-order valence-electron chi connectivity index (χ4n) is 4.55. The molecule has 210 valence electrons. The molecule has 1 N–H and O–H groups in total. The number of hydrogen-bond donors (Lipinski definition) is 1. The number of thiazole rings is 1. The minimum Gasteiger partial charge on any atom is -0.497 e. The van der Waals surface area contributed by atoms with Gasteiger partial charge in [-0.15, -0.1) is 0 Å². The van der Waals surface area contributed by atoms with Crippen LogP contribution in [0.25, 0.3) is 6.08 Å². The SMILES string of the molecule is CCOC(=O)C1=C(C)N=c2s/c(=C\c3ccc(OC)c(OC)c3C(=O)O)c(=O)n2C1c1ccc(OC)cc1OC. The number of carbonyl (C=O) groups is 2. The van der Waals surface area contributed by atoms with Crippen LogP contribution >= 0.6 is 11.3 Å². The number of esters is 1. The Morgan fingerprint density at radius 2 is 1.77 bits per heavy atom. The minimum atomic E-state index is -1.25. The summed E-state index contributed by atoms with van der Waals surface area (Å²) in [7, 11) is 5.74. The van der Waals surface area contributed by atoms with E-state index in [2.05, 4.69) is 4.99 Å². The fraction of sp³-hybridized carbons (Fsp3) is 0.286. The van der Waals surface area contributed by atoms with E-state index in [1.54, 1.807) is 38.1 Å². The fourth-order valence-corrected chi connectivity index (χ4v) is 5.59. The van der Waals surface area contributed by atoms with Gasteiger partial charge in [-0.25, -0.2) is 14.6 Å². The summed E-state index contributed by atoms with van der Waals surface area (Å²) in [5, 5.41) is 9.94. The topological polar surface area (TPSA) is 135 Å². The van der Waals surface area contributed by atoms with Gasteiger partial charge < -0.3 is 28.8 Å². The van der Waals surface area contributed by atoms with Gasteiger partial charge in [0.05, 0.1) is 50.8 Å². The van der Waals surface area contributed by atoms with Crippen LogP contribution in [0.1, 0.15) is 41.4 Å². The van der Waals surface area contributed by atoms with Gasteiger partial charge in [-0.1, -0.05) is 17.4 Å². The first-order chi connectivity index (χ1) is 19.2. The third kappa shape index (κ3) is 4.93. The number of aromatic nitrogens is 1. The lowest BCUT2D eigenvalue weighted by Crippen LogP contribution is -2.40. The summed E-state index contributed by atoms with van der Waals surface area (Å²) in [5.74, 6) is -0.688. The van der Waals surface area contributed by atoms with Crippen molar-refractivity contribution in [1.82, 2.24) is 4.57 Å². The van der Waals surface area contributed by atoms with Crippen molar-refractivity contribution in [3.63, 3.8) is 0 Å². The van der Waals surface area contributed by atoms with Gasteiger partial charge in [0.2, 0.25) is 0 Å². The predicted octanol–water partition coefficient (Wildman–Crippen LogP) is 2.53. The number of carbonyl (C=O) groups excluding carboxylic acids is 1. The Labute approximate surface area is 233 Å². The lowest BCUT2D eigenvalue weighted by Gasteiger charge is -2.26. The van der Waals surface area contributed by atoms with Crippen LogP contribution in [-0.4, -0.2) is 56.7 Å². The van der Waals surface area contributed by atoms with Crippen molar-refractivity contribution in [2.24, 2.45) is 4.99 Å². The molecule has 11 nitrogen and oxygen atoms in total. The molecule has 1 aliphatic rings. The summed E-state index contributed by atoms with van der Waals surface area (Å²) < 4.78 is 28.4. The van der Waals surface area contributed by atoms with E-state index < -0.39 is 23.5 Å². The standard InChI is InChI=1S/C28H28N2O9S/c1-7-39-27(34)21-14(2)29-28-30(23(21)17-10-9-16(35-3)13-19(17)37-5)25(31)20(40-28)12-15-8-11-18(36-4)24(38-6)22(15)26(32)33/h8-13,23H,7H2,1-6H3,(H,32,33)/b20-12-. The molecule has 0 saturated heterocycles. The van der Waals surface area contributed by atoms with Gasteiger partial charge in [0, 0.05) is 11.6 Å². The molecule has 3 aromatic rings. The summed E-state index contributed by atoms with van der Waals surface area (Å²) >= 11 is 1.06. The Morgan fingerprint density at radius 1 is 1.05 bits per heavy atom. The zero-order valence-corrected chi connectivity index (χ0v) is 23.6. The van der Waals surface area contributed by atoms with Crippen LogP contribution in [0.3, 0.4) is 0 Å². The zero-order valence-electron chi connectivity index (χ0n) is 22.8. The van der Waals surface area contributed by atoms with Crippen LogP contribution in [0.2, 0.25) is 0 Å². The van der Waals surface area contributed by atoms with Gasteiger partial charge in [-0.2, -0.15) is 0 Å². The number of carboxylic acid groups (broad SMARTS) is 1. The van der Waals surface area contributed by atoms with E-state index in [0.717, 1.165) is 11.3 Å². The molecule has 1 atom stereocenters. The Balaban J connectivity index is 2.03. The summed E-state index contributed by atoms with van der Waals surface area (Å²) in [6.45, 7) is 3.49. The number of benzene rings is 2. The van der Waals surface area contributed by atoms with E-state index in [0.29, 0.717) is 27.6 Å². The minimum absolute atomic E-state index is 0.0258. The molecule has 0 saturated carbocycles. The second kappa shape index (κ2) is 11.7. The van der Waals surface area contributed by atoms with Gasteiger partial charge in [0.25, 0.3) is 5.56 Å². The van der Waals surface area contributed by atoms with Crippen molar-refractivity contribution in [3.05, 3.63) is 78.0 Å². The van der Waals surface area contributed by atoms with Crippen molar-refractivity contribution in [3.8, 4) is 23.0 Å². The van der Waals surface area contributed by atoms with Crippen LogP contribution in [0.15, 0.2) is 51.4 Å². The van der Waals surface area contributed by atoms with Gasteiger partial charge in [-0.3, -0.25) is 9.36 Å². The van der Waals surface area contributed by atoms with Gasteiger partial charge in [-0.05, 0) is 43.7 Å². The van der Waals surface area contributed by atoms with E-state index in [4.69, 9.17) is 23.7 Å². The maximum absolute atomic E-state index is 14.0. The quantitative estimate of drug-likeness (QED) is 0.386. The number of ether oxygens (including phenoxy) is 5. The molecule has 4 rings (SSSR count). The highest BCUT2D eigenvalue weighted by atomic mass is 32.1. The first kappa shape index (κ1) is 28.4. The van der Waals surface area contributed by atoms with Crippen LogP contribution in [-0.2, 0) is 9.53 Å². The summed E-state index contributed by atoms with van der Waals surface area (Å²) in [6, 6.07) is 7.24. The van der Waals surface area contributed by atoms with E-state index in [9.17, 15) is 19.5 Å². The van der Waals surface area contributed by atoms with Crippen molar-refractivity contribution < 1.29 is 38.4 Å². The summed E-state index contributed by atoms with van der Waals surface area (Å²) in [5.41, 5.74) is 0.672. The third-order valence-corrected chi connectivity index (χ3v) is 7.31. The van der Waals surface area contributed by atoms with Crippen molar-refractivity contribution in [1.29, 1.82) is 0 Å². The van der Waals surface area contributed by atoms with Crippen molar-refractivity contribution >= 4 is 29.4 Å². The lowest BCUT2D eigenvalue weighted by atomic mass is 9.95. The smallest absolute Gasteiger partial charge is 0.340 e. The van der Waals surface area contributed by atoms with Crippen LogP contribution < -0.4 is 33.8 Å². The van der Waals surface area contributed by atoms with E-state index in [-0.39, 0.29) is 39.3 Å². The highest BCUT2D eigenvalue weighted by molar-refractivity contribution is 7.07. The monoisotopic (exact) mass is 568 g/mol. The normalized spacial score (nSPS) is 14.8. The van der Waals surface area contributed by atoms with Crippen LogP contribution in [0, 0.1) is 0 Å². The first-order valence-electron chi connectivity index (χ1n) is 12.1. The number of methoxy groups -OCH3 is 4. The molecule has 0 spiro atoms. The number of fused-ring (bicyclic) bond motifs is 1. The van der Waals surface area contributed by atoms with Crippen LogP contribution in [0.5, 0.6) is 23.0 Å². The first-order valence-corrected chi connectivity index (χ1v) is 12.9. The second-order valence-electron chi connectivity index (χ2n) is 8.48.